The molecule has 0 bridgehead atoms. The van der Waals surface area contributed by atoms with Gasteiger partial charge in [-0.15, -0.1) is 5.10 Å². The number of rotatable bonds is 6. The molecule has 3 heterocycles. The largest absolute Gasteiger partial charge is 0.356 e. The summed E-state index contributed by atoms with van der Waals surface area (Å²) in [7, 11) is 0. The van der Waals surface area contributed by atoms with E-state index in [2.05, 4.69) is 20.4 Å². The van der Waals surface area contributed by atoms with Gasteiger partial charge in [-0.1, -0.05) is 30.7 Å². The molecule has 1 N–H and O–H groups in total. The molecule has 0 aliphatic carbocycles. The number of aromatic nitrogens is 5. The van der Waals surface area contributed by atoms with E-state index in [9.17, 15) is 9.18 Å². The number of fused-ring (bicyclic) bond motifs is 1. The number of aryl methyl sites for hydroxylation is 2. The molecule has 0 fully saturated rings. The van der Waals surface area contributed by atoms with Gasteiger partial charge in [-0.2, -0.15) is 4.52 Å². The SMILES string of the molecule is CCCc1cc(=O)n2nc(NCc3ccc(-n4ccnc4C)c(F)c3)sc2n1. The van der Waals surface area contributed by atoms with Crippen molar-refractivity contribution in [3.05, 3.63) is 69.9 Å². The lowest BCUT2D eigenvalue weighted by Crippen LogP contribution is -2.15. The molecule has 4 rings (SSSR count). The van der Waals surface area contributed by atoms with E-state index < -0.39 is 0 Å². The van der Waals surface area contributed by atoms with Crippen molar-refractivity contribution in [3.63, 3.8) is 0 Å². The number of hydrogen-bond acceptors (Lipinski definition) is 6. The number of anilines is 1. The summed E-state index contributed by atoms with van der Waals surface area (Å²) in [4.78, 5) is 21.3. The minimum absolute atomic E-state index is 0.191. The predicted octanol–water partition coefficient (Wildman–Crippen LogP) is 3.35. The average molecular weight is 398 g/mol. The van der Waals surface area contributed by atoms with Crippen LogP contribution in [-0.4, -0.2) is 24.1 Å². The smallest absolute Gasteiger partial charge is 0.275 e. The summed E-state index contributed by atoms with van der Waals surface area (Å²) in [5, 5.41) is 7.97. The number of halogens is 1. The molecule has 0 saturated carbocycles. The van der Waals surface area contributed by atoms with E-state index >= 15 is 0 Å². The van der Waals surface area contributed by atoms with Crippen LogP contribution in [0.5, 0.6) is 0 Å². The van der Waals surface area contributed by atoms with Crippen molar-refractivity contribution < 1.29 is 4.39 Å². The van der Waals surface area contributed by atoms with Crippen molar-refractivity contribution in [2.45, 2.75) is 33.2 Å². The van der Waals surface area contributed by atoms with Gasteiger partial charge in [-0.3, -0.25) is 4.79 Å². The number of nitrogens with zero attached hydrogens (tertiary/aromatic N) is 5. The predicted molar refractivity (Wildman–Crippen MR) is 107 cm³/mol. The monoisotopic (exact) mass is 398 g/mol. The summed E-state index contributed by atoms with van der Waals surface area (Å²) >= 11 is 1.30. The molecular weight excluding hydrogens is 379 g/mol. The molecule has 0 saturated heterocycles. The van der Waals surface area contributed by atoms with E-state index in [0.29, 0.717) is 22.3 Å². The molecule has 4 aromatic rings. The van der Waals surface area contributed by atoms with Gasteiger partial charge in [0.05, 0.1) is 5.69 Å². The highest BCUT2D eigenvalue weighted by Crippen LogP contribution is 2.20. The molecule has 9 heteroatoms. The second-order valence-electron chi connectivity index (χ2n) is 6.42. The second kappa shape index (κ2) is 7.51. The van der Waals surface area contributed by atoms with Gasteiger partial charge in [0.1, 0.15) is 11.6 Å². The standard InChI is InChI=1S/C19H19FN6OS/c1-3-4-14-10-17(27)26-19(23-14)28-18(24-26)22-11-13-5-6-16(15(20)9-13)25-8-7-21-12(25)2/h5-10H,3-4,11H2,1-2H3,(H,22,24). The molecule has 0 amide bonds. The summed E-state index contributed by atoms with van der Waals surface area (Å²) < 4.78 is 17.5. The summed E-state index contributed by atoms with van der Waals surface area (Å²) in [5.74, 6) is 0.395. The van der Waals surface area contributed by atoms with Gasteiger partial charge in [0.2, 0.25) is 10.1 Å². The zero-order valence-corrected chi connectivity index (χ0v) is 16.3. The van der Waals surface area contributed by atoms with Crippen molar-refractivity contribution in [3.8, 4) is 5.69 Å². The van der Waals surface area contributed by atoms with Gasteiger partial charge in [0.15, 0.2) is 0 Å². The minimum Gasteiger partial charge on any atom is -0.356 e. The third-order valence-corrected chi connectivity index (χ3v) is 5.21. The summed E-state index contributed by atoms with van der Waals surface area (Å²) in [6.45, 7) is 4.25. The highest BCUT2D eigenvalue weighted by atomic mass is 32.1. The quantitative estimate of drug-likeness (QED) is 0.539. The van der Waals surface area contributed by atoms with Crippen LogP contribution in [0, 0.1) is 12.7 Å². The molecule has 1 aromatic carbocycles. The van der Waals surface area contributed by atoms with Crippen LogP contribution in [0.1, 0.15) is 30.4 Å². The van der Waals surface area contributed by atoms with E-state index in [1.54, 1.807) is 23.0 Å². The van der Waals surface area contributed by atoms with E-state index in [4.69, 9.17) is 0 Å². The summed E-state index contributed by atoms with van der Waals surface area (Å²) in [5.41, 5.74) is 1.81. The molecule has 0 radical (unpaired) electrons. The first kappa shape index (κ1) is 18.3. The number of hydrogen-bond donors (Lipinski definition) is 1. The lowest BCUT2D eigenvalue weighted by molar-refractivity contribution is 0.614. The third kappa shape index (κ3) is 3.53. The van der Waals surface area contributed by atoms with Gasteiger partial charge in [-0.05, 0) is 31.0 Å². The van der Waals surface area contributed by atoms with Crippen LogP contribution in [0.3, 0.4) is 0 Å². The third-order valence-electron chi connectivity index (χ3n) is 4.35. The fourth-order valence-corrected chi connectivity index (χ4v) is 3.80. The maximum atomic E-state index is 14.5. The maximum absolute atomic E-state index is 14.5. The minimum atomic E-state index is -0.327. The number of benzene rings is 1. The highest BCUT2D eigenvalue weighted by molar-refractivity contribution is 7.20. The zero-order chi connectivity index (χ0) is 19.7. The van der Waals surface area contributed by atoms with Crippen LogP contribution in [0.2, 0.25) is 0 Å². The average Bonchev–Trinajstić information content (AvgIpc) is 3.27. The number of imidazole rings is 1. The molecule has 0 aliphatic heterocycles. The van der Waals surface area contributed by atoms with E-state index in [1.165, 1.54) is 28.0 Å². The lowest BCUT2D eigenvalue weighted by Gasteiger charge is -2.09. The van der Waals surface area contributed by atoms with Gasteiger partial charge in [0.25, 0.3) is 5.56 Å². The van der Waals surface area contributed by atoms with Gasteiger partial charge >= 0.3 is 0 Å². The molecule has 28 heavy (non-hydrogen) atoms. The van der Waals surface area contributed by atoms with E-state index in [0.717, 1.165) is 29.9 Å². The molecule has 0 spiro atoms. The van der Waals surface area contributed by atoms with Crippen LogP contribution < -0.4 is 10.9 Å². The lowest BCUT2D eigenvalue weighted by atomic mass is 10.2. The van der Waals surface area contributed by atoms with Crippen molar-refractivity contribution in [1.29, 1.82) is 0 Å². The Kier molecular flexibility index (Phi) is 4.91. The Bertz CT molecular complexity index is 1190. The second-order valence-corrected chi connectivity index (χ2v) is 7.38. The molecule has 7 nitrogen and oxygen atoms in total. The first-order chi connectivity index (χ1) is 13.5. The van der Waals surface area contributed by atoms with Crippen molar-refractivity contribution in [2.75, 3.05) is 5.32 Å². The van der Waals surface area contributed by atoms with Crippen molar-refractivity contribution in [1.82, 2.24) is 24.1 Å². The van der Waals surface area contributed by atoms with Gasteiger partial charge in [0, 0.05) is 30.7 Å². The van der Waals surface area contributed by atoms with Crippen LogP contribution in [0.15, 0.2) is 41.5 Å². The van der Waals surface area contributed by atoms with E-state index in [1.807, 2.05) is 19.9 Å². The van der Waals surface area contributed by atoms with Gasteiger partial charge < -0.3 is 9.88 Å². The number of nitrogens with one attached hydrogen (secondary N) is 1. The summed E-state index contributed by atoms with van der Waals surface area (Å²) in [6.07, 6.45) is 5.05. The Hall–Kier alpha value is -3.07. The fourth-order valence-electron chi connectivity index (χ4n) is 2.98. The molecular formula is C19H19FN6OS. The van der Waals surface area contributed by atoms with Crippen molar-refractivity contribution >= 4 is 21.4 Å². The Morgan fingerprint density at radius 1 is 1.29 bits per heavy atom. The highest BCUT2D eigenvalue weighted by Gasteiger charge is 2.11. The Balaban J connectivity index is 1.53. The molecule has 3 aromatic heterocycles. The molecule has 0 atom stereocenters. The Morgan fingerprint density at radius 3 is 2.86 bits per heavy atom. The molecule has 0 aliphatic rings. The first-order valence-corrected chi connectivity index (χ1v) is 9.79. The maximum Gasteiger partial charge on any atom is 0.275 e. The van der Waals surface area contributed by atoms with Crippen LogP contribution in [-0.2, 0) is 13.0 Å². The van der Waals surface area contributed by atoms with Crippen LogP contribution in [0.4, 0.5) is 9.52 Å². The van der Waals surface area contributed by atoms with Gasteiger partial charge in [-0.25, -0.2) is 14.4 Å². The summed E-state index contributed by atoms with van der Waals surface area (Å²) in [6, 6.07) is 6.58. The molecule has 0 unspecified atom stereocenters. The fraction of sp³-hybridized carbons (Fsp3) is 0.263. The Morgan fingerprint density at radius 2 is 2.14 bits per heavy atom. The molecule has 144 valence electrons. The van der Waals surface area contributed by atoms with Crippen LogP contribution >= 0.6 is 11.3 Å². The Labute approximate surface area is 164 Å². The zero-order valence-electron chi connectivity index (χ0n) is 15.5. The topological polar surface area (TPSA) is 77.1 Å². The normalized spacial score (nSPS) is 11.2. The van der Waals surface area contributed by atoms with Crippen LogP contribution in [0.25, 0.3) is 10.6 Å². The van der Waals surface area contributed by atoms with E-state index in [-0.39, 0.29) is 11.4 Å². The first-order valence-electron chi connectivity index (χ1n) is 8.97. The van der Waals surface area contributed by atoms with Crippen molar-refractivity contribution in [2.24, 2.45) is 0 Å².